The molecule has 0 spiro atoms. The monoisotopic (exact) mass is 629 g/mol. The number of fused-ring (bicyclic) bond motifs is 2. The van der Waals surface area contributed by atoms with Gasteiger partial charge in [0, 0.05) is 50.1 Å². The van der Waals surface area contributed by atoms with Crippen LogP contribution in [0.1, 0.15) is 12.0 Å². The first-order valence-corrected chi connectivity index (χ1v) is 15.2. The Labute approximate surface area is 265 Å². The Morgan fingerprint density at radius 1 is 1.15 bits per heavy atom. The lowest BCUT2D eigenvalue weighted by atomic mass is 9.97. The fourth-order valence-corrected chi connectivity index (χ4v) is 6.46. The third-order valence-electron chi connectivity index (χ3n) is 8.77. The summed E-state index contributed by atoms with van der Waals surface area (Å²) < 4.78 is 49.4. The molecule has 12 heteroatoms. The van der Waals surface area contributed by atoms with Crippen LogP contribution in [-0.4, -0.2) is 102 Å². The van der Waals surface area contributed by atoms with Gasteiger partial charge >= 0.3 is 6.01 Å². The van der Waals surface area contributed by atoms with E-state index in [1.165, 1.54) is 6.08 Å². The molecule has 4 aromatic rings. The molecule has 1 amide bonds. The number of carbonyl (C=O) groups excluding carboxylic acids is 1. The van der Waals surface area contributed by atoms with Crippen LogP contribution >= 0.6 is 0 Å². The molecule has 4 heterocycles. The summed E-state index contributed by atoms with van der Waals surface area (Å²) >= 11 is 0. The number of ether oxygens (including phenoxy) is 1. The Hall–Kier alpha value is -4.76. The van der Waals surface area contributed by atoms with Gasteiger partial charge in [0.2, 0.25) is 12.5 Å². The van der Waals surface area contributed by atoms with Gasteiger partial charge in [-0.1, -0.05) is 36.4 Å². The largest absolute Gasteiger partial charge is 0.462 e. The lowest BCUT2D eigenvalue weighted by Gasteiger charge is -2.39. The highest BCUT2D eigenvalue weighted by atomic mass is 19.1. The highest BCUT2D eigenvalue weighted by molar-refractivity contribution is 6.00. The number of pyridine rings is 1. The quantitative estimate of drug-likeness (QED) is 0.197. The van der Waals surface area contributed by atoms with Gasteiger partial charge in [0.05, 0.1) is 5.39 Å². The van der Waals surface area contributed by atoms with Crippen molar-refractivity contribution in [1.29, 1.82) is 0 Å². The van der Waals surface area contributed by atoms with Crippen molar-refractivity contribution in [1.82, 2.24) is 24.8 Å². The molecule has 2 saturated heterocycles. The molecule has 46 heavy (non-hydrogen) atoms. The van der Waals surface area contributed by atoms with Crippen molar-refractivity contribution in [3.05, 3.63) is 77.5 Å². The fourth-order valence-electron chi connectivity index (χ4n) is 6.46. The maximum atomic E-state index is 16.7. The van der Waals surface area contributed by atoms with E-state index in [0.29, 0.717) is 36.3 Å². The van der Waals surface area contributed by atoms with E-state index in [-0.39, 0.29) is 55.4 Å². The predicted molar refractivity (Wildman–Crippen MR) is 171 cm³/mol. The Kier molecular flexibility index (Phi) is 9.03. The molecule has 0 N–H and O–H groups in total. The molecule has 2 fully saturated rings. The third-order valence-corrected chi connectivity index (χ3v) is 8.77. The zero-order valence-electron chi connectivity index (χ0n) is 25.7. The highest BCUT2D eigenvalue weighted by Gasteiger charge is 2.34. The van der Waals surface area contributed by atoms with Gasteiger partial charge in [-0.15, -0.1) is 0 Å². The van der Waals surface area contributed by atoms with Crippen molar-refractivity contribution in [3.8, 4) is 17.3 Å². The molecular weight excluding hydrogens is 595 g/mol. The molecule has 0 aliphatic carbocycles. The highest BCUT2D eigenvalue weighted by Crippen LogP contribution is 2.36. The Morgan fingerprint density at radius 3 is 2.70 bits per heavy atom. The fraction of sp³-hybridized carbons (Fsp3) is 0.382. The van der Waals surface area contributed by atoms with Crippen molar-refractivity contribution in [2.45, 2.75) is 31.6 Å². The maximum Gasteiger partial charge on any atom is 0.319 e. The molecule has 6 rings (SSSR count). The number of hydrogen-bond donors (Lipinski definition) is 0. The number of aryl methyl sites for hydroxylation is 1. The summed E-state index contributed by atoms with van der Waals surface area (Å²) in [6.07, 6.45) is 3.22. The number of carbonyl (C=O) groups is 1. The second kappa shape index (κ2) is 13.3. The zero-order valence-corrected chi connectivity index (χ0v) is 25.7. The smallest absolute Gasteiger partial charge is 0.319 e. The van der Waals surface area contributed by atoms with Crippen molar-refractivity contribution in [2.24, 2.45) is 0 Å². The summed E-state index contributed by atoms with van der Waals surface area (Å²) in [5.74, 6) is -0.653. The molecule has 238 valence electrons. The standard InChI is InChI=1S/C34H34F3N7O2/c1-21-7-4-8-22-9-5-10-26(29(21)22)31-30(37)32-27(17-39-31)33(41-34(40-32)46-20-24-15-23(36)18-42(24)3)43-13-14-44(25(19-43)16-38-2)28(45)11-6-12-35/h4-11,17,23-25H,12-16,18-20H2,1,3H3/b11-6+/t23-,24+,25+/m1/s1. The number of nitrogens with zero attached hydrogens (tertiary/aromatic N) is 7. The van der Waals surface area contributed by atoms with E-state index >= 15 is 4.39 Å². The minimum atomic E-state index is -0.958. The predicted octanol–water partition coefficient (Wildman–Crippen LogP) is 5.18. The van der Waals surface area contributed by atoms with Crippen LogP contribution in [0.2, 0.25) is 0 Å². The lowest BCUT2D eigenvalue weighted by Crippen LogP contribution is -2.56. The molecule has 9 nitrogen and oxygen atoms in total. The molecule has 2 aromatic carbocycles. The van der Waals surface area contributed by atoms with Gasteiger partial charge in [0.25, 0.3) is 0 Å². The van der Waals surface area contributed by atoms with E-state index in [0.717, 1.165) is 22.4 Å². The van der Waals surface area contributed by atoms with Gasteiger partial charge < -0.3 is 19.4 Å². The first kappa shape index (κ1) is 31.2. The summed E-state index contributed by atoms with van der Waals surface area (Å²) in [4.78, 5) is 35.4. The van der Waals surface area contributed by atoms with E-state index in [4.69, 9.17) is 11.3 Å². The number of aromatic nitrogens is 3. The van der Waals surface area contributed by atoms with Crippen molar-refractivity contribution < 1.29 is 22.7 Å². The van der Waals surface area contributed by atoms with E-state index in [1.807, 2.05) is 60.2 Å². The number of alkyl halides is 2. The van der Waals surface area contributed by atoms with Gasteiger partial charge in [0.15, 0.2) is 5.82 Å². The van der Waals surface area contributed by atoms with Crippen LogP contribution in [0.5, 0.6) is 6.01 Å². The molecule has 2 aliphatic heterocycles. The molecule has 3 atom stereocenters. The molecule has 2 aliphatic rings. The molecule has 0 saturated carbocycles. The average molecular weight is 630 g/mol. The molecule has 0 bridgehead atoms. The van der Waals surface area contributed by atoms with E-state index in [1.54, 1.807) is 11.1 Å². The number of likely N-dealkylation sites (N-methyl/N-ethyl adjacent to an activating group) is 1. The summed E-state index contributed by atoms with van der Waals surface area (Å²) in [6.45, 7) is 9.90. The summed E-state index contributed by atoms with van der Waals surface area (Å²) in [5, 5.41) is 2.19. The minimum Gasteiger partial charge on any atom is -0.462 e. The van der Waals surface area contributed by atoms with Gasteiger partial charge in [0.1, 0.15) is 42.5 Å². The molecule has 2 aromatic heterocycles. The number of amides is 1. The number of allylic oxidation sites excluding steroid dienone is 1. The topological polar surface area (TPSA) is 79.1 Å². The van der Waals surface area contributed by atoms with Crippen LogP contribution in [0, 0.1) is 19.3 Å². The second-order valence-electron chi connectivity index (χ2n) is 11.8. The van der Waals surface area contributed by atoms with Crippen LogP contribution in [0.3, 0.4) is 0 Å². The first-order chi connectivity index (χ1) is 22.3. The molecule has 0 radical (unpaired) electrons. The summed E-state index contributed by atoms with van der Waals surface area (Å²) in [5.41, 5.74) is 1.77. The number of piperazine rings is 1. The van der Waals surface area contributed by atoms with Crippen LogP contribution in [0.15, 0.2) is 54.7 Å². The number of likely N-dealkylation sites (tertiary alicyclic amines) is 1. The number of benzene rings is 2. The number of anilines is 1. The van der Waals surface area contributed by atoms with Crippen molar-refractivity contribution >= 4 is 33.4 Å². The SMILES string of the molecule is [C-]#[N+]C[C@H]1CN(c2nc(OC[C@@H]3C[C@@H](F)CN3C)nc3c(F)c(-c4cccc5cccc(C)c45)ncc23)CCN1C(=O)/C=C/CF. The number of hydrogen-bond acceptors (Lipinski definition) is 7. The third kappa shape index (κ3) is 6.07. The van der Waals surface area contributed by atoms with Gasteiger partial charge in [-0.3, -0.25) is 14.7 Å². The van der Waals surface area contributed by atoms with Crippen LogP contribution < -0.4 is 9.64 Å². The van der Waals surface area contributed by atoms with Gasteiger partial charge in [-0.25, -0.2) is 19.7 Å². The average Bonchev–Trinajstić information content (AvgIpc) is 3.38. The molecular formula is C34H34F3N7O2. The van der Waals surface area contributed by atoms with Crippen molar-refractivity contribution in [2.75, 3.05) is 58.0 Å². The second-order valence-corrected chi connectivity index (χ2v) is 11.8. The van der Waals surface area contributed by atoms with Crippen LogP contribution in [-0.2, 0) is 4.79 Å². The van der Waals surface area contributed by atoms with E-state index in [2.05, 4.69) is 19.8 Å². The van der Waals surface area contributed by atoms with Crippen molar-refractivity contribution in [3.63, 3.8) is 0 Å². The number of halogens is 3. The Morgan fingerprint density at radius 2 is 1.96 bits per heavy atom. The number of rotatable bonds is 8. The van der Waals surface area contributed by atoms with E-state index < -0.39 is 24.7 Å². The van der Waals surface area contributed by atoms with Crippen LogP contribution in [0.25, 0.3) is 37.8 Å². The normalized spacial score (nSPS) is 20.6. The Bertz CT molecular complexity index is 1840. The summed E-state index contributed by atoms with van der Waals surface area (Å²) in [6, 6.07) is 10.8. The van der Waals surface area contributed by atoms with Gasteiger partial charge in [-0.05, 0) is 42.8 Å². The Balaban J connectivity index is 1.43. The first-order valence-electron chi connectivity index (χ1n) is 15.2. The zero-order chi connectivity index (χ0) is 32.4. The lowest BCUT2D eigenvalue weighted by molar-refractivity contribution is -0.128. The van der Waals surface area contributed by atoms with E-state index in [9.17, 15) is 13.6 Å². The molecule has 0 unspecified atom stereocenters. The van der Waals surface area contributed by atoms with Gasteiger partial charge in [-0.2, -0.15) is 9.97 Å². The van der Waals surface area contributed by atoms with Crippen LogP contribution in [0.4, 0.5) is 19.0 Å². The summed E-state index contributed by atoms with van der Waals surface area (Å²) in [7, 11) is 1.82. The maximum absolute atomic E-state index is 16.7. The minimum absolute atomic E-state index is 0.0184.